The van der Waals surface area contributed by atoms with Gasteiger partial charge in [-0.25, -0.2) is 8.42 Å². The molecule has 0 fully saturated rings. The van der Waals surface area contributed by atoms with E-state index in [1.807, 2.05) is 0 Å². The summed E-state index contributed by atoms with van der Waals surface area (Å²) in [6, 6.07) is 15.4. The van der Waals surface area contributed by atoms with Crippen LogP contribution in [-0.2, 0) is 21.0 Å². The van der Waals surface area contributed by atoms with E-state index in [2.05, 4.69) is 5.32 Å². The predicted octanol–water partition coefficient (Wildman–Crippen LogP) is 4.82. The average molecular weight is 555 g/mol. The summed E-state index contributed by atoms with van der Waals surface area (Å²) < 4.78 is 79.4. The molecule has 37 heavy (non-hydrogen) atoms. The fraction of sp³-hybridized carbons (Fsp3) is 0.240. The first-order valence-corrected chi connectivity index (χ1v) is 12.9. The third kappa shape index (κ3) is 6.11. The highest BCUT2D eigenvalue weighted by molar-refractivity contribution is 7.92. The van der Waals surface area contributed by atoms with E-state index in [9.17, 15) is 26.4 Å². The molecule has 1 aliphatic rings. The second-order valence-corrected chi connectivity index (χ2v) is 10.6. The van der Waals surface area contributed by atoms with E-state index in [0.717, 1.165) is 17.7 Å². The minimum absolute atomic E-state index is 0.0139. The molecule has 0 aromatic heterocycles. The number of rotatable bonds is 7. The first kappa shape index (κ1) is 26.6. The molecule has 196 valence electrons. The largest absolute Gasteiger partial charge is 0.486 e. The molecular formula is C25H22ClF3N2O5S. The fourth-order valence-corrected chi connectivity index (χ4v) is 5.25. The van der Waals surface area contributed by atoms with Crippen molar-refractivity contribution in [3.63, 3.8) is 0 Å². The number of ether oxygens (including phenoxy) is 2. The number of benzene rings is 3. The van der Waals surface area contributed by atoms with E-state index in [1.54, 1.807) is 43.3 Å². The first-order chi connectivity index (χ1) is 17.4. The normalized spacial score (nSPS) is 15.2. The van der Waals surface area contributed by atoms with Crippen molar-refractivity contribution in [2.45, 2.75) is 24.1 Å². The van der Waals surface area contributed by atoms with Gasteiger partial charge in [-0.2, -0.15) is 13.2 Å². The number of nitrogens with zero attached hydrogens (tertiary/aromatic N) is 1. The maximum atomic E-state index is 13.5. The van der Waals surface area contributed by atoms with E-state index in [4.69, 9.17) is 21.1 Å². The lowest BCUT2D eigenvalue weighted by Crippen LogP contribution is -2.45. The lowest BCUT2D eigenvalue weighted by Gasteiger charge is -2.28. The molecule has 0 saturated heterocycles. The summed E-state index contributed by atoms with van der Waals surface area (Å²) in [6.45, 7) is 1.11. The molecule has 3 aromatic rings. The second-order valence-electron chi connectivity index (χ2n) is 8.29. The number of halogens is 4. The Labute approximate surface area is 216 Å². The van der Waals surface area contributed by atoms with Gasteiger partial charge >= 0.3 is 6.18 Å². The fourth-order valence-electron chi connectivity index (χ4n) is 3.62. The van der Waals surface area contributed by atoms with Crippen molar-refractivity contribution in [2.75, 3.05) is 24.0 Å². The summed E-state index contributed by atoms with van der Waals surface area (Å²) in [5, 5.41) is 1.98. The zero-order valence-corrected chi connectivity index (χ0v) is 21.0. The topological polar surface area (TPSA) is 84.9 Å². The minimum Gasteiger partial charge on any atom is -0.486 e. The summed E-state index contributed by atoms with van der Waals surface area (Å²) in [7, 11) is -4.42. The van der Waals surface area contributed by atoms with Crippen LogP contribution in [0.3, 0.4) is 0 Å². The summed E-state index contributed by atoms with van der Waals surface area (Å²) >= 11 is 5.72. The smallest absolute Gasteiger partial charge is 0.417 e. The third-order valence-corrected chi connectivity index (χ3v) is 7.65. The molecule has 4 rings (SSSR count). The van der Waals surface area contributed by atoms with Crippen molar-refractivity contribution in [1.82, 2.24) is 5.32 Å². The molecule has 0 saturated carbocycles. The molecule has 0 spiro atoms. The Kier molecular flexibility index (Phi) is 7.56. The minimum atomic E-state index is -4.83. The van der Waals surface area contributed by atoms with Crippen LogP contribution >= 0.6 is 11.6 Å². The van der Waals surface area contributed by atoms with Crippen LogP contribution in [-0.4, -0.2) is 40.1 Å². The highest BCUT2D eigenvalue weighted by Gasteiger charge is 2.35. The van der Waals surface area contributed by atoms with Gasteiger partial charge in [0, 0.05) is 0 Å². The van der Waals surface area contributed by atoms with Crippen molar-refractivity contribution in [2.24, 2.45) is 0 Å². The number of para-hydroxylation sites is 2. The Morgan fingerprint density at radius 1 is 1.08 bits per heavy atom. The number of sulfonamides is 1. The molecule has 12 heteroatoms. The number of alkyl halides is 3. The molecule has 1 heterocycles. The third-order valence-electron chi connectivity index (χ3n) is 5.53. The number of anilines is 1. The second kappa shape index (κ2) is 10.5. The van der Waals surface area contributed by atoms with Gasteiger partial charge in [0.05, 0.1) is 27.7 Å². The Bertz CT molecular complexity index is 1400. The van der Waals surface area contributed by atoms with Gasteiger partial charge in [-0.3, -0.25) is 9.10 Å². The van der Waals surface area contributed by atoms with Crippen LogP contribution in [0.1, 0.15) is 11.1 Å². The number of aryl methyl sites for hydroxylation is 1. The molecule has 7 nitrogen and oxygen atoms in total. The maximum Gasteiger partial charge on any atom is 0.417 e. The summed E-state index contributed by atoms with van der Waals surface area (Å²) in [5.74, 6) is 0.308. The highest BCUT2D eigenvalue weighted by atomic mass is 35.5. The van der Waals surface area contributed by atoms with Crippen molar-refractivity contribution in [3.05, 3.63) is 82.9 Å². The van der Waals surface area contributed by atoms with Gasteiger partial charge in [-0.1, -0.05) is 41.4 Å². The summed E-state index contributed by atoms with van der Waals surface area (Å²) in [5.41, 5.74) is -0.799. The highest BCUT2D eigenvalue weighted by Crippen LogP contribution is 2.38. The molecular weight excluding hydrogens is 533 g/mol. The zero-order chi connectivity index (χ0) is 26.8. The van der Waals surface area contributed by atoms with E-state index in [-0.39, 0.29) is 23.7 Å². The predicted molar refractivity (Wildman–Crippen MR) is 132 cm³/mol. The monoisotopic (exact) mass is 554 g/mol. The molecule has 1 amide bonds. The van der Waals surface area contributed by atoms with Crippen LogP contribution in [0.15, 0.2) is 71.6 Å². The van der Waals surface area contributed by atoms with Crippen molar-refractivity contribution in [1.29, 1.82) is 0 Å². The van der Waals surface area contributed by atoms with Crippen LogP contribution in [0.2, 0.25) is 5.02 Å². The molecule has 1 atom stereocenters. The van der Waals surface area contributed by atoms with Gasteiger partial charge in [0.1, 0.15) is 19.3 Å². The summed E-state index contributed by atoms with van der Waals surface area (Å²) in [6.07, 6.45) is -5.38. The van der Waals surface area contributed by atoms with Crippen LogP contribution in [0.5, 0.6) is 11.5 Å². The van der Waals surface area contributed by atoms with Crippen LogP contribution in [0.25, 0.3) is 0 Å². The number of hydrogen-bond acceptors (Lipinski definition) is 5. The maximum absolute atomic E-state index is 13.5. The lowest BCUT2D eigenvalue weighted by atomic mass is 10.2. The molecule has 1 aliphatic heterocycles. The number of carbonyl (C=O) groups excluding carboxylic acids is 1. The SMILES string of the molecule is Cc1ccc(S(=O)(=O)N(CC(=O)NCC2COc3ccccc3O2)c2ccc(Cl)c(C(F)(F)F)c2)cc1. The molecule has 0 bridgehead atoms. The van der Waals surface area contributed by atoms with Crippen LogP contribution in [0.4, 0.5) is 18.9 Å². The van der Waals surface area contributed by atoms with Crippen molar-refractivity contribution < 1.29 is 35.9 Å². The van der Waals surface area contributed by atoms with E-state index in [1.165, 1.54) is 12.1 Å². The zero-order valence-electron chi connectivity index (χ0n) is 19.5. The number of amides is 1. The van der Waals surface area contributed by atoms with Gasteiger partial charge in [0.15, 0.2) is 11.5 Å². The lowest BCUT2D eigenvalue weighted by molar-refractivity contribution is -0.137. The number of hydrogen-bond donors (Lipinski definition) is 1. The van der Waals surface area contributed by atoms with Gasteiger partial charge in [-0.05, 0) is 49.4 Å². The standard InChI is InChI=1S/C25H22ClF3N2O5S/c1-16-6-9-19(10-7-16)37(33,34)31(17-8-11-21(26)20(12-17)25(27,28)29)14-24(32)30-13-18-15-35-22-4-2-3-5-23(22)36-18/h2-12,18H,13-15H2,1H3,(H,30,32). The Balaban J connectivity index is 1.58. The summed E-state index contributed by atoms with van der Waals surface area (Å²) in [4.78, 5) is 12.6. The molecule has 1 unspecified atom stereocenters. The Morgan fingerprint density at radius 3 is 2.43 bits per heavy atom. The molecule has 0 radical (unpaired) electrons. The van der Waals surface area contributed by atoms with Crippen molar-refractivity contribution in [3.8, 4) is 11.5 Å². The molecule has 3 aromatic carbocycles. The Morgan fingerprint density at radius 2 is 1.76 bits per heavy atom. The quantitative estimate of drug-likeness (QED) is 0.453. The van der Waals surface area contributed by atoms with Crippen molar-refractivity contribution >= 4 is 33.2 Å². The van der Waals surface area contributed by atoms with Crippen LogP contribution < -0.4 is 19.1 Å². The van der Waals surface area contributed by atoms with E-state index < -0.39 is 45.3 Å². The molecule has 0 aliphatic carbocycles. The van der Waals surface area contributed by atoms with E-state index in [0.29, 0.717) is 21.9 Å². The average Bonchev–Trinajstić information content (AvgIpc) is 2.86. The molecule has 1 N–H and O–H groups in total. The Hall–Kier alpha value is -3.44. The van der Waals surface area contributed by atoms with Gasteiger partial charge in [0.25, 0.3) is 10.0 Å². The number of carbonyl (C=O) groups is 1. The van der Waals surface area contributed by atoms with Crippen LogP contribution in [0, 0.1) is 6.92 Å². The van der Waals surface area contributed by atoms with Gasteiger partial charge in [0.2, 0.25) is 5.91 Å². The number of fused-ring (bicyclic) bond motifs is 1. The first-order valence-electron chi connectivity index (χ1n) is 11.1. The van der Waals surface area contributed by atoms with E-state index >= 15 is 0 Å². The van der Waals surface area contributed by atoms with Gasteiger partial charge in [-0.15, -0.1) is 0 Å². The van der Waals surface area contributed by atoms with Gasteiger partial charge < -0.3 is 14.8 Å². The number of nitrogens with one attached hydrogen (secondary N) is 1.